The van der Waals surface area contributed by atoms with E-state index in [9.17, 15) is 4.79 Å². The van der Waals surface area contributed by atoms with Crippen molar-refractivity contribution >= 4 is 5.78 Å². The number of ketones is 1. The Balaban J connectivity index is 1.27. The molecule has 0 saturated carbocycles. The van der Waals surface area contributed by atoms with Gasteiger partial charge in [0.25, 0.3) is 0 Å². The number of ether oxygens (including phenoxy) is 2. The van der Waals surface area contributed by atoms with Gasteiger partial charge in [0.1, 0.15) is 17.7 Å². The van der Waals surface area contributed by atoms with Crippen LogP contribution in [0.15, 0.2) is 93.9 Å². The molecule has 2 N–H and O–H groups in total. The van der Waals surface area contributed by atoms with Crippen LogP contribution in [0.4, 0.5) is 0 Å². The molecule has 0 radical (unpaired) electrons. The van der Waals surface area contributed by atoms with Crippen LogP contribution in [0.3, 0.4) is 0 Å². The monoisotopic (exact) mass is 526 g/mol. The van der Waals surface area contributed by atoms with E-state index in [0.717, 1.165) is 56.0 Å². The molecule has 2 aliphatic heterocycles. The Hall–Kier alpha value is -3.21. The molecule has 4 unspecified atom stereocenters. The zero-order valence-electron chi connectivity index (χ0n) is 23.4. The summed E-state index contributed by atoms with van der Waals surface area (Å²) in [6, 6.07) is -0.0812. The van der Waals surface area contributed by atoms with Crippen LogP contribution >= 0.6 is 0 Å². The molecule has 0 aromatic heterocycles. The average Bonchev–Trinajstić information content (AvgIpc) is 3.32. The van der Waals surface area contributed by atoms with E-state index in [2.05, 4.69) is 67.0 Å². The second-order valence-electron chi connectivity index (χ2n) is 11.6. The third-order valence-electron chi connectivity index (χ3n) is 8.95. The molecule has 6 rings (SSSR count). The highest BCUT2D eigenvalue weighted by Crippen LogP contribution is 2.46. The van der Waals surface area contributed by atoms with Gasteiger partial charge in [-0.3, -0.25) is 4.79 Å². The fourth-order valence-corrected chi connectivity index (χ4v) is 6.51. The summed E-state index contributed by atoms with van der Waals surface area (Å²) in [5.41, 5.74) is 6.05. The highest BCUT2D eigenvalue weighted by Gasteiger charge is 2.37. The topological polar surface area (TPSA) is 59.6 Å². The van der Waals surface area contributed by atoms with E-state index in [1.165, 1.54) is 41.6 Å². The summed E-state index contributed by atoms with van der Waals surface area (Å²) in [5, 5.41) is 7.05. The van der Waals surface area contributed by atoms with E-state index in [4.69, 9.17) is 9.47 Å². The Morgan fingerprint density at radius 3 is 2.87 bits per heavy atom. The number of rotatable bonds is 8. The lowest BCUT2D eigenvalue weighted by Crippen LogP contribution is -2.42. The lowest BCUT2D eigenvalue weighted by Gasteiger charge is -2.32. The number of Topliss-reactive ketones (excluding diaryl/α,β-unsaturated/α-hetero) is 1. The second-order valence-corrected chi connectivity index (χ2v) is 11.6. The summed E-state index contributed by atoms with van der Waals surface area (Å²) in [4.78, 5) is 12.8. The third kappa shape index (κ3) is 5.46. The van der Waals surface area contributed by atoms with Gasteiger partial charge in [-0.15, -0.1) is 0 Å². The first-order valence-corrected chi connectivity index (χ1v) is 15.1. The lowest BCUT2D eigenvalue weighted by molar-refractivity contribution is -0.115. The van der Waals surface area contributed by atoms with E-state index in [1.807, 2.05) is 6.08 Å². The van der Waals surface area contributed by atoms with E-state index in [1.54, 1.807) is 0 Å². The van der Waals surface area contributed by atoms with Crippen LogP contribution in [-0.4, -0.2) is 24.5 Å². The van der Waals surface area contributed by atoms with Crippen LogP contribution in [0.2, 0.25) is 0 Å². The van der Waals surface area contributed by atoms with Crippen molar-refractivity contribution in [1.29, 1.82) is 0 Å². The Morgan fingerprint density at radius 2 is 2.03 bits per heavy atom. The lowest BCUT2D eigenvalue weighted by atomic mass is 9.79. The summed E-state index contributed by atoms with van der Waals surface area (Å²) in [6.45, 7) is 5.16. The number of hydrogen-bond donors (Lipinski definition) is 2. The van der Waals surface area contributed by atoms with E-state index in [-0.39, 0.29) is 17.9 Å². The molecule has 4 aliphatic carbocycles. The maximum Gasteiger partial charge on any atom is 0.190 e. The molecule has 6 aliphatic rings. The van der Waals surface area contributed by atoms with Crippen molar-refractivity contribution in [2.75, 3.05) is 6.61 Å². The van der Waals surface area contributed by atoms with Gasteiger partial charge in [0, 0.05) is 42.4 Å². The molecular formula is C34H42N2O3. The van der Waals surface area contributed by atoms with Crippen molar-refractivity contribution < 1.29 is 14.3 Å². The summed E-state index contributed by atoms with van der Waals surface area (Å²) >= 11 is 0. The number of hydrogen-bond acceptors (Lipinski definition) is 5. The van der Waals surface area contributed by atoms with Gasteiger partial charge in [-0.1, -0.05) is 75.1 Å². The van der Waals surface area contributed by atoms with E-state index >= 15 is 0 Å². The maximum atomic E-state index is 12.8. The molecule has 5 nitrogen and oxygen atoms in total. The minimum absolute atomic E-state index is 0.0812. The van der Waals surface area contributed by atoms with Crippen molar-refractivity contribution in [3.05, 3.63) is 93.9 Å². The van der Waals surface area contributed by atoms with Crippen molar-refractivity contribution in [2.45, 2.75) is 90.2 Å². The summed E-state index contributed by atoms with van der Waals surface area (Å²) < 4.78 is 12.9. The van der Waals surface area contributed by atoms with Gasteiger partial charge in [0.15, 0.2) is 11.7 Å². The summed E-state index contributed by atoms with van der Waals surface area (Å²) in [6.07, 6.45) is 28.1. The van der Waals surface area contributed by atoms with Crippen molar-refractivity contribution in [3.63, 3.8) is 0 Å². The van der Waals surface area contributed by atoms with Crippen LogP contribution in [0.1, 0.15) is 78.1 Å². The molecule has 2 heterocycles. The highest BCUT2D eigenvalue weighted by molar-refractivity contribution is 5.99. The predicted octanol–water partition coefficient (Wildman–Crippen LogP) is 6.96. The van der Waals surface area contributed by atoms with E-state index in [0.29, 0.717) is 30.4 Å². The van der Waals surface area contributed by atoms with Crippen molar-refractivity contribution in [2.24, 2.45) is 11.8 Å². The Bertz CT molecular complexity index is 1250. The average molecular weight is 527 g/mol. The van der Waals surface area contributed by atoms with Gasteiger partial charge >= 0.3 is 0 Å². The summed E-state index contributed by atoms with van der Waals surface area (Å²) in [7, 11) is 0. The number of unbranched alkanes of at least 4 members (excludes halogenated alkanes) is 1. The Labute approximate surface area is 233 Å². The normalized spacial score (nSPS) is 30.0. The standard InChI is InChI=1S/C34H42N2O3/c1-3-5-10-22(4-2)21-38-33-20-29(35-34(36-33)26-13-8-9-14-30(26)37)25-15-16-31-27(18-25)28-17-23-11-6-7-12-24(23)19-32(28)39-31/h7-8,12-13,15,17-18,20,22,24,29,31,35-36H,3-6,9-11,14,16,19,21H2,1-2H3. The maximum absolute atomic E-state index is 12.8. The van der Waals surface area contributed by atoms with Gasteiger partial charge in [0.2, 0.25) is 0 Å². The second kappa shape index (κ2) is 11.5. The van der Waals surface area contributed by atoms with Crippen LogP contribution in [0, 0.1) is 11.8 Å². The number of fused-ring (bicyclic) bond motifs is 3. The molecular weight excluding hydrogens is 484 g/mol. The van der Waals surface area contributed by atoms with Gasteiger partial charge in [-0.25, -0.2) is 0 Å². The van der Waals surface area contributed by atoms with E-state index < -0.39 is 0 Å². The molecule has 0 fully saturated rings. The molecule has 206 valence electrons. The van der Waals surface area contributed by atoms with Gasteiger partial charge in [0.05, 0.1) is 18.2 Å². The van der Waals surface area contributed by atoms with Gasteiger partial charge in [-0.2, -0.15) is 0 Å². The molecule has 0 amide bonds. The van der Waals surface area contributed by atoms with Crippen molar-refractivity contribution in [1.82, 2.24) is 10.6 Å². The summed E-state index contributed by atoms with van der Waals surface area (Å²) in [5.74, 6) is 3.84. The molecule has 0 aromatic carbocycles. The first-order valence-electron chi connectivity index (χ1n) is 15.1. The number of allylic oxidation sites excluding steroid dienone is 8. The smallest absolute Gasteiger partial charge is 0.190 e. The SMILES string of the molecule is CCCCC(CC)COC1=CC(C2=CCC3OC4=C(C=C5CCC=CC5C4)C3=C2)NC(=C2C=CCCC2=O)N1. The minimum Gasteiger partial charge on any atom is -0.489 e. The van der Waals surface area contributed by atoms with Crippen LogP contribution in [-0.2, 0) is 14.3 Å². The largest absolute Gasteiger partial charge is 0.489 e. The molecule has 0 spiro atoms. The predicted molar refractivity (Wildman–Crippen MR) is 155 cm³/mol. The number of carbonyl (C=O) groups is 1. The molecule has 0 bridgehead atoms. The van der Waals surface area contributed by atoms with Crippen molar-refractivity contribution in [3.8, 4) is 0 Å². The first-order chi connectivity index (χ1) is 19.1. The first kappa shape index (κ1) is 26.0. The third-order valence-corrected chi connectivity index (χ3v) is 8.95. The number of nitrogens with one attached hydrogen (secondary N) is 2. The molecule has 5 heteroatoms. The van der Waals surface area contributed by atoms with Crippen LogP contribution in [0.5, 0.6) is 0 Å². The van der Waals surface area contributed by atoms with Gasteiger partial charge < -0.3 is 20.1 Å². The van der Waals surface area contributed by atoms with Crippen LogP contribution in [0.25, 0.3) is 0 Å². The zero-order chi connectivity index (χ0) is 26.8. The fourth-order valence-electron chi connectivity index (χ4n) is 6.51. The Morgan fingerprint density at radius 1 is 1.13 bits per heavy atom. The molecule has 0 aromatic rings. The quantitative estimate of drug-likeness (QED) is 0.265. The number of carbonyl (C=O) groups excluding carboxylic acids is 1. The highest BCUT2D eigenvalue weighted by atomic mass is 16.5. The van der Waals surface area contributed by atoms with Crippen LogP contribution < -0.4 is 10.6 Å². The fraction of sp³-hybridized carbons (Fsp3) is 0.500. The minimum atomic E-state index is -0.0812. The molecule has 4 atom stereocenters. The molecule has 0 saturated heterocycles. The zero-order valence-corrected chi connectivity index (χ0v) is 23.4. The van der Waals surface area contributed by atoms with Gasteiger partial charge in [-0.05, 0) is 43.3 Å². The Kier molecular flexibility index (Phi) is 7.67. The molecule has 39 heavy (non-hydrogen) atoms.